The number of H-pyrrole nitrogens is 1. The zero-order valence-electron chi connectivity index (χ0n) is 12.4. The van der Waals surface area contributed by atoms with Crippen molar-refractivity contribution in [3.05, 3.63) is 33.8 Å². The Bertz CT molecular complexity index is 774. The number of aromatic nitrogens is 2. The molecule has 2 aromatic rings. The fourth-order valence-electron chi connectivity index (χ4n) is 1.95. The van der Waals surface area contributed by atoms with E-state index in [1.807, 2.05) is 4.98 Å². The van der Waals surface area contributed by atoms with E-state index in [1.165, 1.54) is 0 Å². The first-order chi connectivity index (χ1) is 11.2. The van der Waals surface area contributed by atoms with Gasteiger partial charge in [0.15, 0.2) is 5.69 Å². The number of rotatable bonds is 4. The Morgan fingerprint density at radius 2 is 2.04 bits per heavy atom. The van der Waals surface area contributed by atoms with E-state index in [9.17, 15) is 22.4 Å². The Morgan fingerprint density at radius 3 is 2.54 bits per heavy atom. The summed E-state index contributed by atoms with van der Waals surface area (Å²) in [6.07, 6.45) is -4.69. The van der Waals surface area contributed by atoms with Crippen LogP contribution in [-0.4, -0.2) is 29.7 Å². The molecule has 0 bridgehead atoms. The van der Waals surface area contributed by atoms with Gasteiger partial charge in [-0.1, -0.05) is 0 Å². The number of imidazole rings is 1. The fourth-order valence-corrected chi connectivity index (χ4v) is 2.45. The highest BCUT2D eigenvalue weighted by Crippen LogP contribution is 2.36. The van der Waals surface area contributed by atoms with Crippen molar-refractivity contribution in [1.29, 1.82) is 0 Å². The first-order valence-corrected chi connectivity index (χ1v) is 7.36. The van der Waals surface area contributed by atoms with Crippen molar-refractivity contribution >= 4 is 21.9 Å². The lowest BCUT2D eigenvalue weighted by Crippen LogP contribution is -2.07. The van der Waals surface area contributed by atoms with Gasteiger partial charge in [0.1, 0.15) is 27.6 Å². The lowest BCUT2D eigenvalue weighted by atomic mass is 10.1. The summed E-state index contributed by atoms with van der Waals surface area (Å²) in [4.78, 5) is 17.3. The van der Waals surface area contributed by atoms with E-state index >= 15 is 0 Å². The average Bonchev–Trinajstić information content (AvgIpc) is 2.90. The third kappa shape index (κ3) is 3.53. The van der Waals surface area contributed by atoms with E-state index in [2.05, 4.69) is 25.7 Å². The number of hydrogen-bond acceptors (Lipinski definition) is 4. The third-order valence-corrected chi connectivity index (χ3v) is 3.55. The molecule has 5 nitrogen and oxygen atoms in total. The second-order valence-electron chi connectivity index (χ2n) is 4.50. The van der Waals surface area contributed by atoms with Crippen molar-refractivity contribution in [2.75, 3.05) is 13.7 Å². The Morgan fingerprint density at radius 1 is 1.38 bits per heavy atom. The summed E-state index contributed by atoms with van der Waals surface area (Å²) in [5.74, 6) is -2.17. The van der Waals surface area contributed by atoms with E-state index in [1.54, 1.807) is 6.92 Å². The van der Waals surface area contributed by atoms with Gasteiger partial charge in [-0.2, -0.15) is 13.2 Å². The van der Waals surface area contributed by atoms with E-state index in [0.29, 0.717) is 0 Å². The minimum absolute atomic E-state index is 0.0261. The number of alkyl halides is 3. The minimum atomic E-state index is -4.69. The molecule has 0 aliphatic heterocycles. The SMILES string of the molecule is CCOc1cc(-c2nc(Br)c(C(F)(F)F)[nH]2)c(F)cc1C(=O)OC. The molecular formula is C14H11BrF4N2O3. The molecule has 1 N–H and O–H groups in total. The van der Waals surface area contributed by atoms with Gasteiger partial charge in [0.05, 0.1) is 19.3 Å². The maximum absolute atomic E-state index is 14.3. The van der Waals surface area contributed by atoms with Crippen LogP contribution in [0.25, 0.3) is 11.4 Å². The molecule has 2 rings (SSSR count). The zero-order valence-corrected chi connectivity index (χ0v) is 14.0. The second-order valence-corrected chi connectivity index (χ2v) is 5.25. The number of ether oxygens (including phenoxy) is 2. The van der Waals surface area contributed by atoms with E-state index < -0.39 is 28.3 Å². The lowest BCUT2D eigenvalue weighted by molar-refractivity contribution is -0.141. The number of carbonyl (C=O) groups excluding carboxylic acids is 1. The Kier molecular flexibility index (Phi) is 5.16. The maximum atomic E-state index is 14.3. The number of methoxy groups -OCH3 is 1. The highest BCUT2D eigenvalue weighted by molar-refractivity contribution is 9.10. The van der Waals surface area contributed by atoms with E-state index in [-0.39, 0.29) is 29.3 Å². The van der Waals surface area contributed by atoms with Crippen LogP contribution in [0.2, 0.25) is 0 Å². The molecule has 130 valence electrons. The first kappa shape index (κ1) is 18.2. The summed E-state index contributed by atoms with van der Waals surface area (Å²) >= 11 is 2.68. The number of benzene rings is 1. The van der Waals surface area contributed by atoms with Crippen LogP contribution in [0.3, 0.4) is 0 Å². The smallest absolute Gasteiger partial charge is 0.433 e. The summed E-state index contributed by atoms with van der Waals surface area (Å²) in [6.45, 7) is 1.79. The van der Waals surface area contributed by atoms with Gasteiger partial charge in [0.2, 0.25) is 0 Å². The van der Waals surface area contributed by atoms with Crippen LogP contribution in [0, 0.1) is 5.82 Å². The molecule has 24 heavy (non-hydrogen) atoms. The fraction of sp³-hybridized carbons (Fsp3) is 0.286. The topological polar surface area (TPSA) is 64.2 Å². The maximum Gasteiger partial charge on any atom is 0.433 e. The predicted octanol–water partition coefficient (Wildman–Crippen LogP) is 4.18. The van der Waals surface area contributed by atoms with Gasteiger partial charge in [-0.3, -0.25) is 0 Å². The predicted molar refractivity (Wildman–Crippen MR) is 79.2 cm³/mol. The average molecular weight is 411 g/mol. The van der Waals surface area contributed by atoms with Crippen LogP contribution in [0.5, 0.6) is 5.75 Å². The number of carbonyl (C=O) groups is 1. The molecule has 0 radical (unpaired) electrons. The molecule has 0 aliphatic rings. The largest absolute Gasteiger partial charge is 0.493 e. The zero-order chi connectivity index (χ0) is 18.1. The molecule has 0 fully saturated rings. The van der Waals surface area contributed by atoms with Gasteiger partial charge in [0.25, 0.3) is 0 Å². The number of hydrogen-bond donors (Lipinski definition) is 1. The number of nitrogens with zero attached hydrogens (tertiary/aromatic N) is 1. The van der Waals surface area contributed by atoms with Crippen LogP contribution < -0.4 is 4.74 Å². The van der Waals surface area contributed by atoms with E-state index in [4.69, 9.17) is 4.74 Å². The molecule has 0 atom stereocenters. The summed E-state index contributed by atoms with van der Waals surface area (Å²) in [5.41, 5.74) is -1.60. The number of halogens is 5. The van der Waals surface area contributed by atoms with Crippen LogP contribution in [0.4, 0.5) is 17.6 Å². The quantitative estimate of drug-likeness (QED) is 0.606. The van der Waals surface area contributed by atoms with Gasteiger partial charge in [-0.05, 0) is 35.0 Å². The molecule has 0 aliphatic carbocycles. The van der Waals surface area contributed by atoms with Crippen LogP contribution in [0.15, 0.2) is 16.7 Å². The monoisotopic (exact) mass is 410 g/mol. The molecule has 1 aromatic carbocycles. The summed E-state index contributed by atoms with van der Waals surface area (Å²) in [5, 5.41) is 0. The highest BCUT2D eigenvalue weighted by Gasteiger charge is 2.36. The van der Waals surface area contributed by atoms with Crippen LogP contribution in [-0.2, 0) is 10.9 Å². The van der Waals surface area contributed by atoms with Gasteiger partial charge in [-0.15, -0.1) is 0 Å². The molecule has 0 unspecified atom stereocenters. The second kappa shape index (κ2) is 6.80. The third-order valence-electron chi connectivity index (χ3n) is 2.97. The molecule has 10 heteroatoms. The molecule has 0 saturated heterocycles. The Balaban J connectivity index is 2.59. The van der Waals surface area contributed by atoms with Gasteiger partial charge < -0.3 is 14.5 Å². The Labute approximate surface area is 142 Å². The number of esters is 1. The molecular weight excluding hydrogens is 400 g/mol. The number of aromatic amines is 1. The van der Waals surface area contributed by atoms with Gasteiger partial charge >= 0.3 is 12.1 Å². The molecule has 0 spiro atoms. The molecule has 1 aromatic heterocycles. The van der Waals surface area contributed by atoms with Crippen LogP contribution >= 0.6 is 15.9 Å². The van der Waals surface area contributed by atoms with Crippen molar-refractivity contribution < 1.29 is 31.8 Å². The standard InChI is InChI=1S/C14H11BrF4N2O3/c1-3-24-9-5-6(8(16)4-7(9)13(22)23-2)12-20-10(11(15)21-12)14(17,18)19/h4-5H,3H2,1-2H3,(H,20,21). The van der Waals surface area contributed by atoms with Gasteiger partial charge in [-0.25, -0.2) is 14.2 Å². The lowest BCUT2D eigenvalue weighted by Gasteiger charge is -2.11. The van der Waals surface area contributed by atoms with Crippen molar-refractivity contribution in [2.45, 2.75) is 13.1 Å². The molecule has 1 heterocycles. The van der Waals surface area contributed by atoms with Gasteiger partial charge in [0, 0.05) is 0 Å². The normalized spacial score (nSPS) is 11.5. The van der Waals surface area contributed by atoms with Crippen molar-refractivity contribution in [2.24, 2.45) is 0 Å². The summed E-state index contributed by atoms with van der Waals surface area (Å²) < 4.78 is 62.0. The van der Waals surface area contributed by atoms with Crippen molar-refractivity contribution in [3.63, 3.8) is 0 Å². The van der Waals surface area contributed by atoms with Crippen molar-refractivity contribution in [3.8, 4) is 17.1 Å². The Hall–Kier alpha value is -2.10. The van der Waals surface area contributed by atoms with Crippen LogP contribution in [0.1, 0.15) is 23.0 Å². The summed E-state index contributed by atoms with van der Waals surface area (Å²) in [7, 11) is 1.11. The molecule has 0 amide bonds. The highest BCUT2D eigenvalue weighted by atomic mass is 79.9. The van der Waals surface area contributed by atoms with E-state index in [0.717, 1.165) is 19.2 Å². The molecule has 0 saturated carbocycles. The minimum Gasteiger partial charge on any atom is -0.493 e. The number of nitrogens with one attached hydrogen (secondary N) is 1. The van der Waals surface area contributed by atoms with Crippen molar-refractivity contribution in [1.82, 2.24) is 9.97 Å². The first-order valence-electron chi connectivity index (χ1n) is 6.56. The summed E-state index contributed by atoms with van der Waals surface area (Å²) in [6, 6.07) is 1.92.